The first-order chi connectivity index (χ1) is 7.45. The molecule has 0 unspecified atom stereocenters. The van der Waals surface area contributed by atoms with Crippen LogP contribution in [0.3, 0.4) is 0 Å². The van der Waals surface area contributed by atoms with E-state index in [1.54, 1.807) is 0 Å². The molecule has 0 aliphatic carbocycles. The highest BCUT2D eigenvalue weighted by molar-refractivity contribution is 5.85. The highest BCUT2D eigenvalue weighted by Crippen LogP contribution is 2.35. The van der Waals surface area contributed by atoms with Gasteiger partial charge in [0.25, 0.3) is 0 Å². The maximum absolute atomic E-state index is 5.72. The van der Waals surface area contributed by atoms with E-state index in [2.05, 4.69) is 28.4 Å². The maximum atomic E-state index is 5.72. The summed E-state index contributed by atoms with van der Waals surface area (Å²) in [6, 6.07) is 6.49. The lowest BCUT2D eigenvalue weighted by atomic mass is 10.1. The number of rotatable bonds is 1. The van der Waals surface area contributed by atoms with Crippen LogP contribution in [0.2, 0.25) is 0 Å². The minimum atomic E-state index is 0. The molecule has 0 atom stereocenters. The van der Waals surface area contributed by atoms with Crippen LogP contribution >= 0.6 is 24.8 Å². The maximum Gasteiger partial charge on any atom is 0.145 e. The molecule has 0 bridgehead atoms. The van der Waals surface area contributed by atoms with E-state index in [9.17, 15) is 0 Å². The van der Waals surface area contributed by atoms with Crippen LogP contribution in [-0.2, 0) is 6.42 Å². The lowest BCUT2D eigenvalue weighted by Crippen LogP contribution is -2.43. The molecule has 96 valence electrons. The number of piperazine rings is 1. The molecule has 0 aromatic heterocycles. The first-order valence-corrected chi connectivity index (χ1v) is 5.65. The van der Waals surface area contributed by atoms with Gasteiger partial charge in [0.2, 0.25) is 0 Å². The first kappa shape index (κ1) is 14.4. The summed E-state index contributed by atoms with van der Waals surface area (Å²) in [5.74, 6) is 1.12. The normalized spacial score (nSPS) is 17.5. The number of nitrogens with one attached hydrogen (secondary N) is 1. The van der Waals surface area contributed by atoms with Gasteiger partial charge in [0.1, 0.15) is 5.75 Å². The van der Waals surface area contributed by atoms with Gasteiger partial charge in [-0.15, -0.1) is 24.8 Å². The fourth-order valence-electron chi connectivity index (χ4n) is 2.35. The van der Waals surface area contributed by atoms with E-state index >= 15 is 0 Å². The first-order valence-electron chi connectivity index (χ1n) is 5.65. The van der Waals surface area contributed by atoms with Crippen LogP contribution in [-0.4, -0.2) is 32.8 Å². The second kappa shape index (κ2) is 6.34. The Hall–Kier alpha value is -0.640. The summed E-state index contributed by atoms with van der Waals surface area (Å²) in [4.78, 5) is 2.42. The zero-order valence-electron chi connectivity index (χ0n) is 9.65. The number of benzene rings is 1. The topological polar surface area (TPSA) is 24.5 Å². The van der Waals surface area contributed by atoms with Crippen LogP contribution < -0.4 is 15.0 Å². The van der Waals surface area contributed by atoms with Crippen molar-refractivity contribution in [3.8, 4) is 5.75 Å². The minimum absolute atomic E-state index is 0. The van der Waals surface area contributed by atoms with Gasteiger partial charge < -0.3 is 15.0 Å². The summed E-state index contributed by atoms with van der Waals surface area (Å²) < 4.78 is 5.72. The van der Waals surface area contributed by atoms with Crippen molar-refractivity contribution in [3.05, 3.63) is 23.8 Å². The van der Waals surface area contributed by atoms with E-state index in [1.165, 1.54) is 11.3 Å². The Morgan fingerprint density at radius 3 is 2.65 bits per heavy atom. The van der Waals surface area contributed by atoms with Crippen LogP contribution in [0.5, 0.6) is 5.75 Å². The number of halogens is 2. The molecule has 0 spiro atoms. The Balaban J connectivity index is 0.000000722. The lowest BCUT2D eigenvalue weighted by Gasteiger charge is -2.30. The van der Waals surface area contributed by atoms with Crippen LogP contribution in [0, 0.1) is 0 Å². The molecular formula is C12H18Cl2N2O. The molecule has 3 rings (SSSR count). The molecule has 17 heavy (non-hydrogen) atoms. The summed E-state index contributed by atoms with van der Waals surface area (Å²) in [6.07, 6.45) is 1.06. The minimum Gasteiger partial charge on any atom is -0.491 e. The van der Waals surface area contributed by atoms with Crippen molar-refractivity contribution >= 4 is 30.5 Å². The monoisotopic (exact) mass is 276 g/mol. The molecule has 1 aromatic carbocycles. The van der Waals surface area contributed by atoms with Crippen molar-refractivity contribution in [2.75, 3.05) is 37.7 Å². The number of hydrogen-bond acceptors (Lipinski definition) is 3. The molecule has 3 nitrogen and oxygen atoms in total. The molecule has 1 fully saturated rings. The Labute approximate surface area is 114 Å². The molecule has 1 aromatic rings. The Kier molecular flexibility index (Phi) is 5.37. The lowest BCUT2D eigenvalue weighted by molar-refractivity contribution is 0.356. The Morgan fingerprint density at radius 2 is 1.88 bits per heavy atom. The molecule has 5 heteroatoms. The molecular weight excluding hydrogens is 259 g/mol. The van der Waals surface area contributed by atoms with Crippen molar-refractivity contribution in [3.63, 3.8) is 0 Å². The fraction of sp³-hybridized carbons (Fsp3) is 0.500. The van der Waals surface area contributed by atoms with Crippen molar-refractivity contribution in [2.45, 2.75) is 6.42 Å². The third-order valence-corrected chi connectivity index (χ3v) is 3.15. The summed E-state index contributed by atoms with van der Waals surface area (Å²) in [7, 11) is 0. The van der Waals surface area contributed by atoms with Gasteiger partial charge in [-0.25, -0.2) is 0 Å². The highest BCUT2D eigenvalue weighted by atomic mass is 35.5. The summed E-state index contributed by atoms with van der Waals surface area (Å²) >= 11 is 0. The Morgan fingerprint density at radius 1 is 1.12 bits per heavy atom. The van der Waals surface area contributed by atoms with Crippen LogP contribution in [0.15, 0.2) is 18.2 Å². The second-order valence-corrected chi connectivity index (χ2v) is 4.10. The summed E-state index contributed by atoms with van der Waals surface area (Å²) in [5.41, 5.74) is 2.65. The molecule has 2 heterocycles. The average molecular weight is 277 g/mol. The van der Waals surface area contributed by atoms with Gasteiger partial charge in [-0.3, -0.25) is 0 Å². The van der Waals surface area contributed by atoms with E-state index in [-0.39, 0.29) is 24.8 Å². The zero-order valence-corrected chi connectivity index (χ0v) is 11.3. The molecule has 0 amide bonds. The number of anilines is 1. The summed E-state index contributed by atoms with van der Waals surface area (Å²) in [5, 5.41) is 3.37. The second-order valence-electron chi connectivity index (χ2n) is 4.10. The zero-order chi connectivity index (χ0) is 10.1. The van der Waals surface area contributed by atoms with E-state index in [0.717, 1.165) is 45.0 Å². The number of nitrogens with zero attached hydrogens (tertiary/aromatic N) is 1. The van der Waals surface area contributed by atoms with E-state index in [0.29, 0.717) is 0 Å². The van der Waals surface area contributed by atoms with Crippen LogP contribution in [0.4, 0.5) is 5.69 Å². The van der Waals surface area contributed by atoms with Crippen molar-refractivity contribution in [1.29, 1.82) is 0 Å². The van der Waals surface area contributed by atoms with E-state index in [4.69, 9.17) is 4.74 Å². The van der Waals surface area contributed by atoms with Gasteiger partial charge in [-0.05, 0) is 11.6 Å². The van der Waals surface area contributed by atoms with Gasteiger partial charge in [-0.1, -0.05) is 12.1 Å². The van der Waals surface area contributed by atoms with Gasteiger partial charge in [0, 0.05) is 32.6 Å². The van der Waals surface area contributed by atoms with Crippen LogP contribution in [0.1, 0.15) is 5.56 Å². The number of hydrogen-bond donors (Lipinski definition) is 1. The van der Waals surface area contributed by atoms with Gasteiger partial charge in [-0.2, -0.15) is 0 Å². The average Bonchev–Trinajstić information content (AvgIpc) is 2.78. The number of para-hydroxylation sites is 1. The van der Waals surface area contributed by atoms with Crippen LogP contribution in [0.25, 0.3) is 0 Å². The standard InChI is InChI=1S/C12H16N2O.2ClH/c1-2-10-4-9-15-12(10)11(3-1)14-7-5-13-6-8-14;;/h1-3,13H,4-9H2;2*1H. The van der Waals surface area contributed by atoms with E-state index in [1.807, 2.05) is 0 Å². The molecule has 2 aliphatic rings. The van der Waals surface area contributed by atoms with Crippen molar-refractivity contribution in [1.82, 2.24) is 5.32 Å². The summed E-state index contributed by atoms with van der Waals surface area (Å²) in [6.45, 7) is 5.16. The molecule has 1 N–H and O–H groups in total. The molecule has 0 radical (unpaired) electrons. The third-order valence-electron chi connectivity index (χ3n) is 3.15. The largest absolute Gasteiger partial charge is 0.491 e. The fourth-order valence-corrected chi connectivity index (χ4v) is 2.35. The predicted octanol–water partition coefficient (Wildman–Crippen LogP) is 1.87. The molecule has 1 saturated heterocycles. The highest BCUT2D eigenvalue weighted by Gasteiger charge is 2.20. The number of ether oxygens (including phenoxy) is 1. The smallest absolute Gasteiger partial charge is 0.145 e. The molecule has 2 aliphatic heterocycles. The number of fused-ring (bicyclic) bond motifs is 1. The predicted molar refractivity (Wildman–Crippen MR) is 75.2 cm³/mol. The Bertz CT molecular complexity index is 368. The van der Waals surface area contributed by atoms with Gasteiger partial charge in [0.15, 0.2) is 0 Å². The third kappa shape index (κ3) is 2.79. The molecule has 0 saturated carbocycles. The van der Waals surface area contributed by atoms with Gasteiger partial charge in [0.05, 0.1) is 12.3 Å². The van der Waals surface area contributed by atoms with Crippen molar-refractivity contribution < 1.29 is 4.74 Å². The quantitative estimate of drug-likeness (QED) is 0.848. The SMILES string of the molecule is Cl.Cl.c1cc2c(c(N3CCNCC3)c1)OCC2. The van der Waals surface area contributed by atoms with E-state index < -0.39 is 0 Å². The van der Waals surface area contributed by atoms with Crippen molar-refractivity contribution in [2.24, 2.45) is 0 Å². The van der Waals surface area contributed by atoms with Gasteiger partial charge >= 0.3 is 0 Å².